The molecule has 2 atom stereocenters. The van der Waals surface area contributed by atoms with Gasteiger partial charge in [0.1, 0.15) is 0 Å². The Morgan fingerprint density at radius 2 is 2.20 bits per heavy atom. The van der Waals surface area contributed by atoms with Gasteiger partial charge in [-0.25, -0.2) is 9.59 Å². The molecule has 7 nitrogen and oxygen atoms in total. The van der Waals surface area contributed by atoms with Gasteiger partial charge in [-0.1, -0.05) is 13.3 Å². The van der Waals surface area contributed by atoms with Gasteiger partial charge in [-0.2, -0.15) is 5.10 Å². The SMILES string of the molecule is CCCC(C)N(C)C(=O)NC(C(=O)O)c1cnn(C)c1. The molecule has 0 saturated carbocycles. The molecule has 112 valence electrons. The first-order chi connectivity index (χ1) is 9.36. The monoisotopic (exact) mass is 282 g/mol. The number of carboxylic acids is 1. The summed E-state index contributed by atoms with van der Waals surface area (Å²) in [5, 5.41) is 15.7. The van der Waals surface area contributed by atoms with Crippen LogP contribution in [-0.2, 0) is 11.8 Å². The van der Waals surface area contributed by atoms with Crippen molar-refractivity contribution in [3.8, 4) is 0 Å². The lowest BCUT2D eigenvalue weighted by Gasteiger charge is -2.26. The van der Waals surface area contributed by atoms with Crippen molar-refractivity contribution in [2.24, 2.45) is 7.05 Å². The smallest absolute Gasteiger partial charge is 0.331 e. The van der Waals surface area contributed by atoms with E-state index in [1.54, 1.807) is 20.3 Å². The Hall–Kier alpha value is -2.05. The Bertz CT molecular complexity index is 472. The summed E-state index contributed by atoms with van der Waals surface area (Å²) in [7, 11) is 3.36. The second kappa shape index (κ2) is 6.93. The Labute approximate surface area is 118 Å². The maximum atomic E-state index is 12.1. The molecule has 2 amide bonds. The van der Waals surface area contributed by atoms with Gasteiger partial charge in [-0.3, -0.25) is 4.68 Å². The third-order valence-electron chi connectivity index (χ3n) is 3.26. The zero-order valence-electron chi connectivity index (χ0n) is 12.3. The lowest BCUT2D eigenvalue weighted by atomic mass is 10.1. The van der Waals surface area contributed by atoms with E-state index in [2.05, 4.69) is 10.4 Å². The molecule has 0 fully saturated rings. The van der Waals surface area contributed by atoms with E-state index in [1.165, 1.54) is 15.8 Å². The van der Waals surface area contributed by atoms with Crippen LogP contribution >= 0.6 is 0 Å². The number of carbonyl (C=O) groups excluding carboxylic acids is 1. The average Bonchev–Trinajstić information content (AvgIpc) is 2.80. The van der Waals surface area contributed by atoms with Crippen molar-refractivity contribution < 1.29 is 14.7 Å². The molecule has 0 radical (unpaired) electrons. The number of nitrogens with one attached hydrogen (secondary N) is 1. The molecule has 1 rings (SSSR count). The molecule has 0 saturated heterocycles. The number of carboxylic acid groups (broad SMARTS) is 1. The zero-order chi connectivity index (χ0) is 15.3. The minimum absolute atomic E-state index is 0.0587. The van der Waals surface area contributed by atoms with Crippen LogP contribution in [0, 0.1) is 0 Å². The first kappa shape index (κ1) is 16.0. The minimum atomic E-state index is -1.11. The van der Waals surface area contributed by atoms with Gasteiger partial charge in [0.15, 0.2) is 6.04 Å². The van der Waals surface area contributed by atoms with Gasteiger partial charge < -0.3 is 15.3 Å². The molecule has 2 N–H and O–H groups in total. The fraction of sp³-hybridized carbons (Fsp3) is 0.615. The molecule has 0 aliphatic rings. The van der Waals surface area contributed by atoms with Crippen LogP contribution in [0.4, 0.5) is 4.79 Å². The molecule has 7 heteroatoms. The van der Waals surface area contributed by atoms with E-state index in [-0.39, 0.29) is 6.04 Å². The molecule has 0 aromatic carbocycles. The molecule has 1 aromatic heterocycles. The highest BCUT2D eigenvalue weighted by molar-refractivity contribution is 5.83. The first-order valence-corrected chi connectivity index (χ1v) is 6.61. The van der Waals surface area contributed by atoms with Crippen LogP contribution in [0.5, 0.6) is 0 Å². The molecule has 0 bridgehead atoms. The van der Waals surface area contributed by atoms with Crippen LogP contribution in [0.3, 0.4) is 0 Å². The summed E-state index contributed by atoms with van der Waals surface area (Å²) in [6, 6.07) is -1.43. The van der Waals surface area contributed by atoms with Gasteiger partial charge in [-0.15, -0.1) is 0 Å². The van der Waals surface area contributed by atoms with Crippen molar-refractivity contribution in [3.63, 3.8) is 0 Å². The molecule has 0 spiro atoms. The largest absolute Gasteiger partial charge is 0.479 e. The summed E-state index contributed by atoms with van der Waals surface area (Å²) in [4.78, 5) is 24.9. The van der Waals surface area contributed by atoms with E-state index in [1.807, 2.05) is 13.8 Å². The summed E-state index contributed by atoms with van der Waals surface area (Å²) in [5.41, 5.74) is 0.449. The second-order valence-electron chi connectivity index (χ2n) is 4.92. The van der Waals surface area contributed by atoms with E-state index in [0.717, 1.165) is 12.8 Å². The maximum Gasteiger partial charge on any atom is 0.331 e. The fourth-order valence-electron chi connectivity index (χ4n) is 1.91. The van der Waals surface area contributed by atoms with Crippen LogP contribution in [0.2, 0.25) is 0 Å². The van der Waals surface area contributed by atoms with Crippen molar-refractivity contribution in [2.75, 3.05) is 7.05 Å². The molecule has 1 aromatic rings. The van der Waals surface area contributed by atoms with Crippen molar-refractivity contribution in [1.82, 2.24) is 20.0 Å². The van der Waals surface area contributed by atoms with Crippen LogP contribution < -0.4 is 5.32 Å². The Balaban J connectivity index is 2.76. The van der Waals surface area contributed by atoms with Crippen molar-refractivity contribution in [3.05, 3.63) is 18.0 Å². The highest BCUT2D eigenvalue weighted by Gasteiger charge is 2.26. The number of amides is 2. The third-order valence-corrected chi connectivity index (χ3v) is 3.26. The molecule has 20 heavy (non-hydrogen) atoms. The van der Waals surface area contributed by atoms with Gasteiger partial charge in [0.05, 0.1) is 6.20 Å². The number of aliphatic carboxylic acids is 1. The summed E-state index contributed by atoms with van der Waals surface area (Å²) >= 11 is 0. The lowest BCUT2D eigenvalue weighted by molar-refractivity contribution is -0.139. The minimum Gasteiger partial charge on any atom is -0.479 e. The van der Waals surface area contributed by atoms with Crippen LogP contribution in [-0.4, -0.2) is 44.9 Å². The normalized spacial score (nSPS) is 13.6. The van der Waals surface area contributed by atoms with Crippen LogP contribution in [0.25, 0.3) is 0 Å². The lowest BCUT2D eigenvalue weighted by Crippen LogP contribution is -2.45. The molecule has 1 heterocycles. The average molecular weight is 282 g/mol. The second-order valence-corrected chi connectivity index (χ2v) is 4.92. The Morgan fingerprint density at radius 3 is 2.65 bits per heavy atom. The first-order valence-electron chi connectivity index (χ1n) is 6.61. The fourth-order valence-corrected chi connectivity index (χ4v) is 1.91. The van der Waals surface area contributed by atoms with Gasteiger partial charge in [0.2, 0.25) is 0 Å². The number of carbonyl (C=O) groups is 2. The summed E-state index contributed by atoms with van der Waals surface area (Å²) < 4.78 is 1.50. The zero-order valence-corrected chi connectivity index (χ0v) is 12.3. The van der Waals surface area contributed by atoms with Crippen LogP contribution in [0.1, 0.15) is 38.3 Å². The Kier molecular flexibility index (Phi) is 5.54. The quantitative estimate of drug-likeness (QED) is 0.825. The highest BCUT2D eigenvalue weighted by atomic mass is 16.4. The molecular formula is C13H22N4O3. The summed E-state index contributed by atoms with van der Waals surface area (Å²) in [6.07, 6.45) is 4.85. The van der Waals surface area contributed by atoms with Crippen LogP contribution in [0.15, 0.2) is 12.4 Å². The van der Waals surface area contributed by atoms with Gasteiger partial charge in [-0.05, 0) is 13.3 Å². The topological polar surface area (TPSA) is 87.5 Å². The van der Waals surface area contributed by atoms with E-state index < -0.39 is 18.0 Å². The van der Waals surface area contributed by atoms with Crippen molar-refractivity contribution in [1.29, 1.82) is 0 Å². The van der Waals surface area contributed by atoms with Gasteiger partial charge >= 0.3 is 12.0 Å². The molecule has 0 aliphatic carbocycles. The number of rotatable bonds is 6. The highest BCUT2D eigenvalue weighted by Crippen LogP contribution is 2.13. The van der Waals surface area contributed by atoms with Crippen molar-refractivity contribution in [2.45, 2.75) is 38.8 Å². The number of hydrogen-bond donors (Lipinski definition) is 2. The van der Waals surface area contributed by atoms with Crippen molar-refractivity contribution >= 4 is 12.0 Å². The van der Waals surface area contributed by atoms with E-state index >= 15 is 0 Å². The number of nitrogens with zero attached hydrogens (tertiary/aromatic N) is 3. The maximum absolute atomic E-state index is 12.1. The third kappa shape index (κ3) is 3.97. The van der Waals surface area contributed by atoms with E-state index in [0.29, 0.717) is 5.56 Å². The summed E-state index contributed by atoms with van der Waals surface area (Å²) in [5.74, 6) is -1.11. The van der Waals surface area contributed by atoms with E-state index in [9.17, 15) is 14.7 Å². The van der Waals surface area contributed by atoms with Gasteiger partial charge in [0, 0.05) is 31.9 Å². The number of urea groups is 1. The number of aromatic nitrogens is 2. The Morgan fingerprint density at radius 1 is 1.55 bits per heavy atom. The number of hydrogen-bond acceptors (Lipinski definition) is 3. The summed E-state index contributed by atoms with van der Waals surface area (Å²) in [6.45, 7) is 3.97. The molecular weight excluding hydrogens is 260 g/mol. The predicted molar refractivity (Wildman–Crippen MR) is 74.2 cm³/mol. The molecule has 0 aliphatic heterocycles. The van der Waals surface area contributed by atoms with Gasteiger partial charge in [0.25, 0.3) is 0 Å². The molecule has 2 unspecified atom stereocenters. The number of aryl methyl sites for hydroxylation is 1. The van der Waals surface area contributed by atoms with E-state index in [4.69, 9.17) is 0 Å². The standard InChI is InChI=1S/C13H22N4O3/c1-5-6-9(2)17(4)13(20)15-11(12(18)19)10-7-14-16(3)8-10/h7-9,11H,5-6H2,1-4H3,(H,15,20)(H,18,19). The predicted octanol–water partition coefficient (Wildman–Crippen LogP) is 1.38.